The molecular weight excluding hydrogens is 592 g/mol. The molecule has 0 spiro atoms. The molecule has 3 rings (SSSR count). The van der Waals surface area contributed by atoms with Crippen molar-refractivity contribution in [2.45, 2.75) is 68.5 Å². The van der Waals surface area contributed by atoms with E-state index in [0.717, 1.165) is 12.3 Å². The molecule has 1 amide bonds. The van der Waals surface area contributed by atoms with E-state index in [4.69, 9.17) is 9.47 Å². The molecule has 0 saturated carbocycles. The second kappa shape index (κ2) is 13.0. The van der Waals surface area contributed by atoms with Crippen LogP contribution in [0.25, 0.3) is 0 Å². The molecule has 1 aromatic rings. The fraction of sp³-hybridized carbons (Fsp3) is 0.722. The van der Waals surface area contributed by atoms with Gasteiger partial charge in [0.1, 0.15) is 42.7 Å². The van der Waals surface area contributed by atoms with E-state index in [1.54, 1.807) is 0 Å². The van der Waals surface area contributed by atoms with Gasteiger partial charge in [-0.3, -0.25) is 32.8 Å². The summed E-state index contributed by atoms with van der Waals surface area (Å²) in [4.78, 5) is 61.4. The van der Waals surface area contributed by atoms with Crippen LogP contribution in [0.15, 0.2) is 21.9 Å². The van der Waals surface area contributed by atoms with Crippen LogP contribution in [0.2, 0.25) is 0 Å². The number of carbonyl (C=O) groups is 1. The molecule has 7 N–H and O–H groups in total. The molecule has 0 radical (unpaired) electrons. The van der Waals surface area contributed by atoms with E-state index in [-0.39, 0.29) is 6.42 Å². The highest BCUT2D eigenvalue weighted by Crippen LogP contribution is 2.57. The van der Waals surface area contributed by atoms with Gasteiger partial charge in [-0.2, -0.15) is 0 Å². The maximum absolute atomic E-state index is 12.4. The maximum Gasteiger partial charge on any atom is 0.330 e. The summed E-state index contributed by atoms with van der Waals surface area (Å²) in [6.07, 6.45) is -13.6. The van der Waals surface area contributed by atoms with Gasteiger partial charge in [0.05, 0.1) is 13.2 Å². The predicted molar refractivity (Wildman–Crippen MR) is 121 cm³/mol. The van der Waals surface area contributed by atoms with Crippen LogP contribution < -0.4 is 26.4 Å². The Balaban J connectivity index is 1.66. The first-order valence-corrected chi connectivity index (χ1v) is 14.4. The predicted octanol–water partition coefficient (Wildman–Crippen LogP) is -5.52. The number of aromatic amines is 1. The number of rotatable bonds is 11. The lowest BCUT2D eigenvalue weighted by molar-refractivity contribution is -0.285. The monoisotopic (exact) mass is 619 g/mol. The summed E-state index contributed by atoms with van der Waals surface area (Å²) in [5.74, 6) is -0.741. The molecule has 20 nitrogen and oxygen atoms in total. The zero-order valence-corrected chi connectivity index (χ0v) is 22.2. The van der Waals surface area contributed by atoms with Crippen LogP contribution in [0.1, 0.15) is 19.6 Å². The molecular formula is C18H27N3O17P2-2. The Morgan fingerprint density at radius 1 is 1.07 bits per heavy atom. The zero-order chi connectivity index (χ0) is 30.0. The minimum Gasteiger partial charge on any atom is -0.756 e. The van der Waals surface area contributed by atoms with Gasteiger partial charge in [0, 0.05) is 18.7 Å². The number of aliphatic hydroxyl groups is 5. The number of phosphoric ester groups is 2. The fourth-order valence-electron chi connectivity index (χ4n) is 3.80. The third kappa shape index (κ3) is 7.69. The van der Waals surface area contributed by atoms with Crippen LogP contribution in [-0.2, 0) is 36.8 Å². The molecule has 0 aromatic carbocycles. The van der Waals surface area contributed by atoms with Crippen molar-refractivity contribution >= 4 is 21.6 Å². The minimum absolute atomic E-state index is 0.147. The van der Waals surface area contributed by atoms with Crippen LogP contribution in [0.3, 0.4) is 0 Å². The number of nitrogens with zero attached hydrogens (tertiary/aromatic N) is 1. The van der Waals surface area contributed by atoms with Crippen molar-refractivity contribution in [3.05, 3.63) is 33.1 Å². The Morgan fingerprint density at radius 3 is 2.33 bits per heavy atom. The van der Waals surface area contributed by atoms with Crippen molar-refractivity contribution in [2.75, 3.05) is 13.2 Å². The van der Waals surface area contributed by atoms with Crippen molar-refractivity contribution in [2.24, 2.45) is 0 Å². The summed E-state index contributed by atoms with van der Waals surface area (Å²) in [6.45, 7) is -0.645. The topological polar surface area (TPSA) is 312 Å². The van der Waals surface area contributed by atoms with Crippen LogP contribution in [-0.4, -0.2) is 103 Å². The summed E-state index contributed by atoms with van der Waals surface area (Å²) in [5.41, 5.74) is -1.79. The molecule has 228 valence electrons. The Hall–Kier alpha value is -1.87. The molecule has 7 unspecified atom stereocenters. The van der Waals surface area contributed by atoms with Gasteiger partial charge in [0.25, 0.3) is 21.2 Å². The first kappa shape index (κ1) is 32.6. The molecule has 11 atom stereocenters. The smallest absolute Gasteiger partial charge is 0.330 e. The van der Waals surface area contributed by atoms with Gasteiger partial charge >= 0.3 is 5.69 Å². The zero-order valence-electron chi connectivity index (χ0n) is 20.4. The Morgan fingerprint density at radius 2 is 1.73 bits per heavy atom. The molecule has 2 aliphatic rings. The van der Waals surface area contributed by atoms with E-state index < -0.39 is 101 Å². The molecule has 2 aliphatic heterocycles. The van der Waals surface area contributed by atoms with Crippen molar-refractivity contribution in [1.82, 2.24) is 14.9 Å². The summed E-state index contributed by atoms with van der Waals surface area (Å²) >= 11 is 0. The van der Waals surface area contributed by atoms with E-state index in [0.29, 0.717) is 4.57 Å². The highest BCUT2D eigenvalue weighted by Gasteiger charge is 2.48. The van der Waals surface area contributed by atoms with Crippen LogP contribution >= 0.6 is 15.6 Å². The summed E-state index contributed by atoms with van der Waals surface area (Å²) < 4.78 is 48.5. The number of aromatic nitrogens is 2. The number of amides is 1. The molecule has 3 heterocycles. The highest BCUT2D eigenvalue weighted by molar-refractivity contribution is 7.59. The van der Waals surface area contributed by atoms with E-state index in [9.17, 15) is 58.8 Å². The van der Waals surface area contributed by atoms with Gasteiger partial charge in [-0.15, -0.1) is 0 Å². The van der Waals surface area contributed by atoms with Crippen molar-refractivity contribution in [3.8, 4) is 0 Å². The minimum atomic E-state index is -5.95. The Kier molecular flexibility index (Phi) is 10.6. The molecule has 0 aliphatic carbocycles. The lowest BCUT2D eigenvalue weighted by atomic mass is 9.97. The third-order valence-electron chi connectivity index (χ3n) is 5.82. The van der Waals surface area contributed by atoms with Crippen molar-refractivity contribution in [1.29, 1.82) is 0 Å². The van der Waals surface area contributed by atoms with Crippen LogP contribution in [0, 0.1) is 0 Å². The SMILES string of the molecule is CCC(=O)NC1C(O)[C@H](O)C(CO)O[C@@H]1OP(=O)([O-])OP(=O)([O-])OC[C@H]1O[C@@H](n2ccc(=O)[nH]c2=O)C(O)C1O. The standard InChI is InChI=1S/C18H29N3O17P2/c1-2-9(23)19-11-14(27)12(25)7(5-22)36-17(11)37-40(32,33)38-39(30,31)34-6-8-13(26)15(28)16(35-8)21-4-3-10(24)20-18(21)29/h3-4,7-8,11-17,22,25-28H,2,5-6H2,1H3,(H,19,23)(H,30,31)(H,32,33)(H,20,24,29)/p-2/t7?,8-,11?,12-,13?,14?,15?,16-,17-/m1/s1. The van der Waals surface area contributed by atoms with E-state index in [1.807, 2.05) is 4.98 Å². The number of carbonyl (C=O) groups excluding carboxylic acids is 1. The van der Waals surface area contributed by atoms with Gasteiger partial charge in [-0.05, 0) is 0 Å². The largest absolute Gasteiger partial charge is 0.756 e. The quantitative estimate of drug-likeness (QED) is 0.114. The third-order valence-corrected chi connectivity index (χ3v) is 8.35. The van der Waals surface area contributed by atoms with Crippen molar-refractivity contribution in [3.63, 3.8) is 0 Å². The Bertz CT molecular complexity index is 1260. The van der Waals surface area contributed by atoms with Gasteiger partial charge in [-0.25, -0.2) is 9.11 Å². The number of phosphoric acid groups is 2. The maximum atomic E-state index is 12.4. The fourth-order valence-corrected chi connectivity index (χ4v) is 5.88. The van der Waals surface area contributed by atoms with Crippen LogP contribution in [0.4, 0.5) is 0 Å². The van der Waals surface area contributed by atoms with Gasteiger partial charge in [0.2, 0.25) is 5.91 Å². The average Bonchev–Trinajstić information content (AvgIpc) is 3.14. The second-order valence-electron chi connectivity index (χ2n) is 8.59. The number of nitrogens with one attached hydrogen (secondary N) is 2. The van der Waals surface area contributed by atoms with E-state index >= 15 is 0 Å². The lowest BCUT2D eigenvalue weighted by Gasteiger charge is -2.44. The number of hydrogen-bond acceptors (Lipinski definition) is 17. The first-order valence-electron chi connectivity index (χ1n) is 11.5. The molecule has 2 fully saturated rings. The summed E-state index contributed by atoms with van der Waals surface area (Å²) in [7, 11) is -11.8. The van der Waals surface area contributed by atoms with Crippen LogP contribution in [0.5, 0.6) is 0 Å². The molecule has 1 aromatic heterocycles. The van der Waals surface area contributed by atoms with Crippen molar-refractivity contribution < 1.29 is 72.1 Å². The first-order chi connectivity index (χ1) is 18.6. The van der Waals surface area contributed by atoms with E-state index in [1.165, 1.54) is 6.92 Å². The molecule has 40 heavy (non-hydrogen) atoms. The molecule has 22 heteroatoms. The number of hydrogen-bond donors (Lipinski definition) is 7. The normalized spacial score (nSPS) is 35.5. The average molecular weight is 619 g/mol. The van der Waals surface area contributed by atoms with Gasteiger partial charge < -0.3 is 54.6 Å². The number of aliphatic hydroxyl groups excluding tert-OH is 5. The molecule has 2 saturated heterocycles. The van der Waals surface area contributed by atoms with Gasteiger partial charge in [-0.1, -0.05) is 6.92 Å². The van der Waals surface area contributed by atoms with Gasteiger partial charge in [0.15, 0.2) is 12.5 Å². The second-order valence-corrected chi connectivity index (χ2v) is 11.5. The number of ether oxygens (including phenoxy) is 2. The Labute approximate surface area is 223 Å². The lowest BCUT2D eigenvalue weighted by Crippen LogP contribution is -2.64. The molecule has 0 bridgehead atoms. The summed E-state index contributed by atoms with van der Waals surface area (Å²) in [6, 6.07) is -0.838. The highest BCUT2D eigenvalue weighted by atomic mass is 31.3. The van der Waals surface area contributed by atoms with E-state index in [2.05, 4.69) is 18.7 Å². The summed E-state index contributed by atoms with van der Waals surface area (Å²) in [5, 5.41) is 52.1. The number of H-pyrrole nitrogens is 1.